The zero-order valence-electron chi connectivity index (χ0n) is 9.74. The minimum absolute atomic E-state index is 0.325. The lowest BCUT2D eigenvalue weighted by Crippen LogP contribution is -2.23. The normalized spacial score (nSPS) is 25.6. The van der Waals surface area contributed by atoms with Crippen LogP contribution in [0.5, 0.6) is 0 Å². The molecule has 0 saturated carbocycles. The van der Waals surface area contributed by atoms with Crippen molar-refractivity contribution >= 4 is 28.9 Å². The number of hydrogen-bond donors (Lipinski definition) is 2. The lowest BCUT2D eigenvalue weighted by Gasteiger charge is -2.12. The van der Waals surface area contributed by atoms with Crippen molar-refractivity contribution < 1.29 is 24.2 Å². The Kier molecular flexibility index (Phi) is 4.18. The third-order valence-corrected chi connectivity index (χ3v) is 3.34. The first-order chi connectivity index (χ1) is 9.04. The van der Waals surface area contributed by atoms with E-state index in [1.165, 1.54) is 0 Å². The van der Waals surface area contributed by atoms with Gasteiger partial charge in [-0.2, -0.15) is 0 Å². The van der Waals surface area contributed by atoms with E-state index < -0.39 is 11.2 Å². The van der Waals surface area contributed by atoms with Gasteiger partial charge in [-0.25, -0.2) is 4.79 Å². The van der Waals surface area contributed by atoms with Crippen LogP contribution in [0.25, 0.3) is 0 Å². The molecule has 7 heteroatoms. The average molecular weight is 281 g/mol. The van der Waals surface area contributed by atoms with Gasteiger partial charge in [-0.3, -0.25) is 14.9 Å². The zero-order valence-corrected chi connectivity index (χ0v) is 10.6. The highest BCUT2D eigenvalue weighted by Crippen LogP contribution is 2.23. The monoisotopic (exact) mass is 281 g/mol. The number of aliphatic carboxylic acids is 1. The van der Waals surface area contributed by atoms with E-state index in [9.17, 15) is 14.4 Å². The van der Waals surface area contributed by atoms with E-state index in [1.54, 1.807) is 30.4 Å². The van der Waals surface area contributed by atoms with Crippen LogP contribution in [0.1, 0.15) is 0 Å². The van der Waals surface area contributed by atoms with Gasteiger partial charge in [0, 0.05) is 0 Å². The molecule has 100 valence electrons. The summed E-state index contributed by atoms with van der Waals surface area (Å²) in [4.78, 5) is 32.7. The Labute approximate surface area is 113 Å². The number of ether oxygens (including phenoxy) is 1. The Morgan fingerprint density at radius 2 is 2.11 bits per heavy atom. The van der Waals surface area contributed by atoms with E-state index in [0.29, 0.717) is 0 Å². The van der Waals surface area contributed by atoms with Crippen LogP contribution in [0.4, 0.5) is 4.79 Å². The van der Waals surface area contributed by atoms with Crippen LogP contribution in [0.2, 0.25) is 0 Å². The number of carboxylic acids is 1. The van der Waals surface area contributed by atoms with Crippen LogP contribution in [-0.2, 0) is 14.3 Å². The number of carboxylic acid groups (broad SMARTS) is 1. The van der Waals surface area contributed by atoms with Crippen LogP contribution < -0.4 is 5.32 Å². The number of imide groups is 1. The van der Waals surface area contributed by atoms with E-state index >= 15 is 0 Å². The standard InChI is InChI=1S/C12H11NO5S/c14-10(15)6-18-8-3-1-7(2-4-8)5-9-11(16)13-12(17)19-9/h1-5,8-9H,6H2,(H,14,15)(H,13,16,17). The summed E-state index contributed by atoms with van der Waals surface area (Å²) in [6, 6.07) is 0. The fourth-order valence-electron chi connectivity index (χ4n) is 1.58. The molecule has 2 rings (SSSR count). The van der Waals surface area contributed by atoms with Gasteiger partial charge in [0.25, 0.3) is 5.24 Å². The Hall–Kier alpha value is -1.86. The van der Waals surface area contributed by atoms with Gasteiger partial charge in [0.2, 0.25) is 5.91 Å². The lowest BCUT2D eigenvalue weighted by atomic mass is 10.1. The van der Waals surface area contributed by atoms with Crippen molar-refractivity contribution in [1.29, 1.82) is 0 Å². The molecular formula is C12H11NO5S. The van der Waals surface area contributed by atoms with Crippen molar-refractivity contribution in [3.05, 3.63) is 36.0 Å². The summed E-state index contributed by atoms with van der Waals surface area (Å²) in [6.07, 6.45) is 8.11. The third kappa shape index (κ3) is 3.80. The fraction of sp³-hybridized carbons (Fsp3) is 0.250. The number of allylic oxidation sites excluding steroid dienone is 3. The average Bonchev–Trinajstić information content (AvgIpc) is 2.67. The molecule has 0 spiro atoms. The highest BCUT2D eigenvalue weighted by Gasteiger charge is 2.29. The van der Waals surface area contributed by atoms with Crippen LogP contribution in [0, 0.1) is 0 Å². The molecule has 1 aliphatic carbocycles. The minimum atomic E-state index is -1.03. The van der Waals surface area contributed by atoms with Crippen molar-refractivity contribution in [1.82, 2.24) is 5.32 Å². The number of thioether (sulfide) groups is 1. The number of carbonyl (C=O) groups excluding carboxylic acids is 2. The highest BCUT2D eigenvalue weighted by atomic mass is 32.2. The number of nitrogens with one attached hydrogen (secondary N) is 1. The molecule has 6 nitrogen and oxygen atoms in total. The molecule has 1 fully saturated rings. The van der Waals surface area contributed by atoms with Crippen LogP contribution in [0.3, 0.4) is 0 Å². The summed E-state index contributed by atoms with van der Waals surface area (Å²) in [5, 5.41) is 9.81. The maximum atomic E-state index is 11.4. The van der Waals surface area contributed by atoms with E-state index in [2.05, 4.69) is 5.32 Å². The van der Waals surface area contributed by atoms with Gasteiger partial charge < -0.3 is 9.84 Å². The van der Waals surface area contributed by atoms with E-state index in [0.717, 1.165) is 17.3 Å². The molecule has 2 amide bonds. The summed E-state index contributed by atoms with van der Waals surface area (Å²) in [5.74, 6) is -1.35. The summed E-state index contributed by atoms with van der Waals surface area (Å²) >= 11 is 0.930. The predicted molar refractivity (Wildman–Crippen MR) is 68.7 cm³/mol. The van der Waals surface area contributed by atoms with Gasteiger partial charge in [-0.15, -0.1) is 0 Å². The maximum Gasteiger partial charge on any atom is 0.329 e. The first-order valence-electron chi connectivity index (χ1n) is 5.48. The van der Waals surface area contributed by atoms with E-state index in [1.807, 2.05) is 0 Å². The molecule has 1 heterocycles. The van der Waals surface area contributed by atoms with Crippen LogP contribution in [-0.4, -0.2) is 40.2 Å². The summed E-state index contributed by atoms with van der Waals surface area (Å²) in [6.45, 7) is -0.367. The first kappa shape index (κ1) is 13.6. The number of carbonyl (C=O) groups is 3. The molecule has 0 aromatic heterocycles. The third-order valence-electron chi connectivity index (χ3n) is 2.42. The summed E-state index contributed by atoms with van der Waals surface area (Å²) < 4.78 is 5.06. The summed E-state index contributed by atoms with van der Waals surface area (Å²) in [5.41, 5.74) is 0.775. The Morgan fingerprint density at radius 1 is 1.42 bits per heavy atom. The Bertz CT molecular complexity index is 492. The number of rotatable bonds is 4. The molecule has 1 unspecified atom stereocenters. The number of hydrogen-bond acceptors (Lipinski definition) is 5. The fourth-order valence-corrected chi connectivity index (χ4v) is 2.36. The molecule has 0 radical (unpaired) electrons. The van der Waals surface area contributed by atoms with Crippen molar-refractivity contribution in [2.45, 2.75) is 11.4 Å². The largest absolute Gasteiger partial charge is 0.480 e. The second-order valence-electron chi connectivity index (χ2n) is 3.87. The van der Waals surface area contributed by atoms with Gasteiger partial charge >= 0.3 is 5.97 Å². The molecule has 1 atom stereocenters. The molecule has 19 heavy (non-hydrogen) atoms. The van der Waals surface area contributed by atoms with Gasteiger partial charge in [0.1, 0.15) is 11.9 Å². The Balaban J connectivity index is 1.93. The molecule has 0 aromatic rings. The van der Waals surface area contributed by atoms with Crippen molar-refractivity contribution in [3.8, 4) is 0 Å². The lowest BCUT2D eigenvalue weighted by molar-refractivity contribution is -0.142. The predicted octanol–water partition coefficient (Wildman–Crippen LogP) is 0.860. The topological polar surface area (TPSA) is 92.7 Å². The molecule has 2 N–H and O–H groups in total. The van der Waals surface area contributed by atoms with Crippen molar-refractivity contribution in [2.24, 2.45) is 0 Å². The second-order valence-corrected chi connectivity index (χ2v) is 4.98. The quantitative estimate of drug-likeness (QED) is 0.794. The van der Waals surface area contributed by atoms with Crippen molar-refractivity contribution in [2.75, 3.05) is 6.61 Å². The van der Waals surface area contributed by atoms with Gasteiger partial charge in [0.05, 0.1) is 6.10 Å². The molecule has 2 aliphatic rings. The molecular weight excluding hydrogens is 270 g/mol. The van der Waals surface area contributed by atoms with Crippen LogP contribution >= 0.6 is 11.8 Å². The SMILES string of the molecule is O=C(O)COC1C=CC(=CC2SC(=O)NC2=O)C=C1. The van der Waals surface area contributed by atoms with E-state index in [4.69, 9.17) is 9.84 Å². The summed E-state index contributed by atoms with van der Waals surface area (Å²) in [7, 11) is 0. The second kappa shape index (κ2) is 5.85. The smallest absolute Gasteiger partial charge is 0.329 e. The maximum absolute atomic E-state index is 11.4. The van der Waals surface area contributed by atoms with Crippen molar-refractivity contribution in [3.63, 3.8) is 0 Å². The first-order valence-corrected chi connectivity index (χ1v) is 6.35. The van der Waals surface area contributed by atoms with Crippen LogP contribution in [0.15, 0.2) is 36.0 Å². The zero-order chi connectivity index (χ0) is 13.8. The molecule has 0 bridgehead atoms. The minimum Gasteiger partial charge on any atom is -0.480 e. The molecule has 1 saturated heterocycles. The van der Waals surface area contributed by atoms with Gasteiger partial charge in [-0.05, 0) is 17.3 Å². The molecule has 1 aliphatic heterocycles. The van der Waals surface area contributed by atoms with E-state index in [-0.39, 0.29) is 23.9 Å². The van der Waals surface area contributed by atoms with Gasteiger partial charge in [0.15, 0.2) is 0 Å². The molecule has 0 aromatic carbocycles. The highest BCUT2D eigenvalue weighted by molar-refractivity contribution is 8.15. The number of amides is 2. The van der Waals surface area contributed by atoms with Gasteiger partial charge in [-0.1, -0.05) is 30.4 Å². The Morgan fingerprint density at radius 3 is 2.63 bits per heavy atom.